The van der Waals surface area contributed by atoms with E-state index in [-0.39, 0.29) is 35.6 Å². The van der Waals surface area contributed by atoms with Crippen LogP contribution in [0.3, 0.4) is 0 Å². The highest BCUT2D eigenvalue weighted by Crippen LogP contribution is 2.26. The van der Waals surface area contributed by atoms with E-state index in [9.17, 15) is 14.4 Å². The number of amides is 2. The molecule has 2 amide bonds. The normalized spacial score (nSPS) is 12.7. The Bertz CT molecular complexity index is 853. The van der Waals surface area contributed by atoms with Gasteiger partial charge in [0, 0.05) is 17.5 Å². The van der Waals surface area contributed by atoms with Crippen molar-refractivity contribution in [2.75, 3.05) is 5.32 Å². The maximum absolute atomic E-state index is 12.8. The number of benzene rings is 2. The van der Waals surface area contributed by atoms with Gasteiger partial charge in [0.05, 0.1) is 23.8 Å². The fourth-order valence-corrected chi connectivity index (χ4v) is 3.66. The number of carbonyl (C=O) groups excluding carboxylic acids is 3. The first-order chi connectivity index (χ1) is 14.2. The summed E-state index contributed by atoms with van der Waals surface area (Å²) in [6.07, 6.45) is -0.143. The van der Waals surface area contributed by atoms with Crippen LogP contribution in [0.2, 0.25) is 0 Å². The van der Waals surface area contributed by atoms with Crippen LogP contribution in [0.4, 0.5) is 5.69 Å². The Morgan fingerprint density at radius 1 is 0.967 bits per heavy atom. The summed E-state index contributed by atoms with van der Waals surface area (Å²) in [5.74, 6) is -0.656. The average molecular weight is 429 g/mol. The largest absolute Gasteiger partial charge is 0.463 e. The lowest BCUT2D eigenvalue weighted by Crippen LogP contribution is -2.35. The predicted molar refractivity (Wildman–Crippen MR) is 119 cm³/mol. The molecule has 2 aromatic carbocycles. The molecule has 7 heteroatoms. The summed E-state index contributed by atoms with van der Waals surface area (Å²) in [4.78, 5) is 37.0. The second-order valence-corrected chi connectivity index (χ2v) is 8.59. The van der Waals surface area contributed by atoms with Gasteiger partial charge in [0.25, 0.3) is 0 Å². The average Bonchev–Trinajstić information content (AvgIpc) is 2.68. The molecule has 2 N–H and O–H groups in total. The number of carbonyl (C=O) groups is 3. The Hall–Kier alpha value is -2.80. The molecule has 2 aromatic rings. The molecule has 0 aromatic heterocycles. The zero-order valence-electron chi connectivity index (χ0n) is 17.7. The van der Waals surface area contributed by atoms with Crippen molar-refractivity contribution in [2.45, 2.75) is 56.4 Å². The van der Waals surface area contributed by atoms with Crippen LogP contribution in [-0.4, -0.2) is 29.1 Å². The summed E-state index contributed by atoms with van der Waals surface area (Å²) in [7, 11) is 0. The van der Waals surface area contributed by atoms with E-state index < -0.39 is 6.04 Å². The van der Waals surface area contributed by atoms with Crippen molar-refractivity contribution in [2.24, 2.45) is 0 Å². The maximum Gasteiger partial charge on any atom is 0.308 e. The smallest absolute Gasteiger partial charge is 0.308 e. The van der Waals surface area contributed by atoms with Crippen molar-refractivity contribution in [1.29, 1.82) is 0 Å². The van der Waals surface area contributed by atoms with E-state index in [1.165, 1.54) is 18.7 Å². The number of rotatable bonds is 9. The summed E-state index contributed by atoms with van der Waals surface area (Å²) in [6, 6.07) is 16.2. The van der Waals surface area contributed by atoms with E-state index >= 15 is 0 Å². The Labute approximate surface area is 181 Å². The number of thioether (sulfide) groups is 1. The summed E-state index contributed by atoms with van der Waals surface area (Å²) in [5, 5.41) is 5.32. The van der Waals surface area contributed by atoms with Gasteiger partial charge in [-0.1, -0.05) is 30.3 Å². The van der Waals surface area contributed by atoms with Crippen molar-refractivity contribution < 1.29 is 19.1 Å². The summed E-state index contributed by atoms with van der Waals surface area (Å²) < 4.78 is 5.25. The molecule has 2 atom stereocenters. The van der Waals surface area contributed by atoms with Crippen molar-refractivity contribution in [3.05, 3.63) is 60.2 Å². The second-order valence-electron chi connectivity index (χ2n) is 7.18. The van der Waals surface area contributed by atoms with E-state index in [0.717, 1.165) is 10.5 Å². The molecule has 0 bridgehead atoms. The third-order valence-corrected chi connectivity index (χ3v) is 5.23. The maximum atomic E-state index is 12.8. The van der Waals surface area contributed by atoms with Gasteiger partial charge < -0.3 is 15.4 Å². The summed E-state index contributed by atoms with van der Waals surface area (Å²) in [5.41, 5.74) is 1.56. The van der Waals surface area contributed by atoms with Crippen LogP contribution in [0.25, 0.3) is 0 Å². The van der Waals surface area contributed by atoms with Crippen LogP contribution in [0.5, 0.6) is 0 Å². The monoisotopic (exact) mass is 428 g/mol. The highest BCUT2D eigenvalue weighted by Gasteiger charge is 2.23. The van der Waals surface area contributed by atoms with Gasteiger partial charge in [0.1, 0.15) is 0 Å². The van der Waals surface area contributed by atoms with E-state index in [1.807, 2.05) is 49.4 Å². The highest BCUT2D eigenvalue weighted by atomic mass is 32.2. The van der Waals surface area contributed by atoms with Gasteiger partial charge in [0.2, 0.25) is 11.8 Å². The molecule has 160 valence electrons. The molecule has 2 rings (SSSR count). The van der Waals surface area contributed by atoms with Gasteiger partial charge in [-0.05, 0) is 50.6 Å². The Balaban J connectivity index is 2.02. The number of anilines is 1. The van der Waals surface area contributed by atoms with E-state index in [0.29, 0.717) is 5.69 Å². The fraction of sp³-hybridized carbons (Fsp3) is 0.348. The zero-order chi connectivity index (χ0) is 22.1. The third-order valence-electron chi connectivity index (χ3n) is 4.11. The fourth-order valence-electron chi connectivity index (χ4n) is 2.78. The van der Waals surface area contributed by atoms with Gasteiger partial charge >= 0.3 is 5.97 Å². The van der Waals surface area contributed by atoms with E-state index in [2.05, 4.69) is 10.6 Å². The highest BCUT2D eigenvalue weighted by molar-refractivity contribution is 8.00. The van der Waals surface area contributed by atoms with Gasteiger partial charge in [-0.2, -0.15) is 0 Å². The first-order valence-electron chi connectivity index (χ1n) is 9.83. The van der Waals surface area contributed by atoms with Crippen molar-refractivity contribution in [1.82, 2.24) is 5.32 Å². The zero-order valence-corrected chi connectivity index (χ0v) is 18.5. The Morgan fingerprint density at radius 3 is 2.17 bits per heavy atom. The SMILES string of the molecule is CC(=O)Nc1ccc(SC(C)C(=O)NC(CC(=O)OC(C)C)c2ccccc2)cc1. The molecule has 0 saturated heterocycles. The molecule has 0 aliphatic heterocycles. The van der Waals surface area contributed by atoms with Crippen LogP contribution in [0.15, 0.2) is 59.5 Å². The molecule has 0 aliphatic rings. The molecule has 0 radical (unpaired) electrons. The number of ether oxygens (including phenoxy) is 1. The number of hydrogen-bond donors (Lipinski definition) is 2. The Kier molecular flexibility index (Phi) is 8.92. The molecule has 6 nitrogen and oxygen atoms in total. The summed E-state index contributed by atoms with van der Waals surface area (Å²) in [6.45, 7) is 6.86. The van der Waals surface area contributed by atoms with Crippen LogP contribution in [0.1, 0.15) is 45.7 Å². The molecule has 2 unspecified atom stereocenters. The molecule has 30 heavy (non-hydrogen) atoms. The number of nitrogens with one attached hydrogen (secondary N) is 2. The minimum absolute atomic E-state index is 0.0662. The third kappa shape index (κ3) is 7.91. The molecule has 0 saturated carbocycles. The second kappa shape index (κ2) is 11.4. The first kappa shape index (κ1) is 23.5. The lowest BCUT2D eigenvalue weighted by atomic mass is 10.0. The van der Waals surface area contributed by atoms with Gasteiger partial charge in [0.15, 0.2) is 0 Å². The van der Waals surface area contributed by atoms with E-state index in [4.69, 9.17) is 4.74 Å². The standard InChI is InChI=1S/C23H28N2O4S/c1-15(2)29-22(27)14-21(18-8-6-5-7-9-18)25-23(28)16(3)30-20-12-10-19(11-13-20)24-17(4)26/h5-13,15-16,21H,14H2,1-4H3,(H,24,26)(H,25,28). The van der Waals surface area contributed by atoms with Gasteiger partial charge in [-0.15, -0.1) is 11.8 Å². The molecule has 0 fully saturated rings. The minimum atomic E-state index is -0.463. The number of esters is 1. The van der Waals surface area contributed by atoms with Crippen molar-refractivity contribution in [3.8, 4) is 0 Å². The van der Waals surface area contributed by atoms with Crippen LogP contribution in [0, 0.1) is 0 Å². The molecular weight excluding hydrogens is 400 g/mol. The Morgan fingerprint density at radius 2 is 1.60 bits per heavy atom. The molecular formula is C23H28N2O4S. The minimum Gasteiger partial charge on any atom is -0.463 e. The quantitative estimate of drug-likeness (QED) is 0.459. The van der Waals surface area contributed by atoms with Crippen molar-refractivity contribution >= 4 is 35.2 Å². The lowest BCUT2D eigenvalue weighted by molar-refractivity contribution is -0.148. The molecule has 0 spiro atoms. The van der Waals surface area contributed by atoms with Crippen LogP contribution >= 0.6 is 11.8 Å². The summed E-state index contributed by atoms with van der Waals surface area (Å²) >= 11 is 1.41. The van der Waals surface area contributed by atoms with Gasteiger partial charge in [-0.3, -0.25) is 14.4 Å². The lowest BCUT2D eigenvalue weighted by Gasteiger charge is -2.21. The number of hydrogen-bond acceptors (Lipinski definition) is 5. The molecule has 0 aliphatic carbocycles. The predicted octanol–water partition coefficient (Wildman–Crippen LogP) is 4.32. The van der Waals surface area contributed by atoms with E-state index in [1.54, 1.807) is 26.0 Å². The van der Waals surface area contributed by atoms with Crippen molar-refractivity contribution in [3.63, 3.8) is 0 Å². The molecule has 0 heterocycles. The first-order valence-corrected chi connectivity index (χ1v) is 10.7. The van der Waals surface area contributed by atoms with Crippen LogP contribution < -0.4 is 10.6 Å². The van der Waals surface area contributed by atoms with Crippen LogP contribution in [-0.2, 0) is 19.1 Å². The topological polar surface area (TPSA) is 84.5 Å². The van der Waals surface area contributed by atoms with Gasteiger partial charge in [-0.25, -0.2) is 0 Å².